The highest BCUT2D eigenvalue weighted by molar-refractivity contribution is 5.28. The quantitative estimate of drug-likeness (QED) is 0.887. The molecule has 1 aromatic carbocycles. The first-order valence-corrected chi connectivity index (χ1v) is 5.41. The summed E-state index contributed by atoms with van der Waals surface area (Å²) < 4.78 is 26.7. The molecule has 0 fully saturated rings. The molecule has 0 amide bonds. The Morgan fingerprint density at radius 1 is 1.33 bits per heavy atom. The third kappa shape index (κ3) is 2.51. The fourth-order valence-corrected chi connectivity index (χ4v) is 1.68. The van der Waals surface area contributed by atoms with E-state index >= 15 is 0 Å². The molecule has 1 heterocycles. The zero-order valence-electron chi connectivity index (χ0n) is 10.1. The van der Waals surface area contributed by atoms with Crippen LogP contribution in [0.4, 0.5) is 8.78 Å². The van der Waals surface area contributed by atoms with E-state index in [0.29, 0.717) is 11.4 Å². The van der Waals surface area contributed by atoms with Gasteiger partial charge >= 0.3 is 0 Å². The lowest BCUT2D eigenvalue weighted by Crippen LogP contribution is -2.16. The molecular formula is C11H13F2N5. The minimum Gasteiger partial charge on any atom is -0.323 e. The second-order valence-electron chi connectivity index (χ2n) is 4.13. The zero-order chi connectivity index (χ0) is 13.3. The fourth-order valence-electron chi connectivity index (χ4n) is 1.68. The number of rotatable bonds is 3. The van der Waals surface area contributed by atoms with Crippen LogP contribution in [-0.2, 0) is 13.5 Å². The summed E-state index contributed by atoms with van der Waals surface area (Å²) in [4.78, 5) is 1.30. The van der Waals surface area contributed by atoms with Crippen molar-refractivity contribution in [2.24, 2.45) is 12.8 Å². The normalized spacial score (nSPS) is 12.7. The van der Waals surface area contributed by atoms with Crippen LogP contribution < -0.4 is 5.73 Å². The molecule has 0 aliphatic carbocycles. The molecule has 5 nitrogen and oxygen atoms in total. The molecule has 0 saturated carbocycles. The van der Waals surface area contributed by atoms with E-state index in [-0.39, 0.29) is 12.0 Å². The number of benzene rings is 1. The van der Waals surface area contributed by atoms with Crippen molar-refractivity contribution in [3.05, 3.63) is 40.7 Å². The SMILES string of the molecule is Cc1cc(C(N)Cc2nnn(C)n2)c(F)cc1F. The highest BCUT2D eigenvalue weighted by Crippen LogP contribution is 2.21. The largest absolute Gasteiger partial charge is 0.323 e. The zero-order valence-corrected chi connectivity index (χ0v) is 10.1. The Hall–Kier alpha value is -1.89. The van der Waals surface area contributed by atoms with Crippen molar-refractivity contribution in [3.8, 4) is 0 Å². The lowest BCUT2D eigenvalue weighted by Gasteiger charge is -2.12. The van der Waals surface area contributed by atoms with Crippen LogP contribution in [-0.4, -0.2) is 20.2 Å². The van der Waals surface area contributed by atoms with Gasteiger partial charge < -0.3 is 5.73 Å². The molecule has 96 valence electrons. The molecule has 2 aromatic rings. The molecule has 0 aliphatic heterocycles. The molecule has 2 N–H and O–H groups in total. The predicted octanol–water partition coefficient (Wildman–Crippen LogP) is 1.04. The molecule has 0 aliphatic rings. The number of nitrogens with two attached hydrogens (primary N) is 1. The van der Waals surface area contributed by atoms with Crippen LogP contribution in [0.3, 0.4) is 0 Å². The average Bonchev–Trinajstić information content (AvgIpc) is 2.69. The van der Waals surface area contributed by atoms with E-state index in [1.54, 1.807) is 14.0 Å². The van der Waals surface area contributed by atoms with Crippen molar-refractivity contribution >= 4 is 0 Å². The van der Waals surface area contributed by atoms with Crippen LogP contribution in [0.5, 0.6) is 0 Å². The van der Waals surface area contributed by atoms with E-state index < -0.39 is 17.7 Å². The van der Waals surface area contributed by atoms with Crippen molar-refractivity contribution in [1.82, 2.24) is 20.2 Å². The van der Waals surface area contributed by atoms with Gasteiger partial charge in [0.2, 0.25) is 0 Å². The van der Waals surface area contributed by atoms with Gasteiger partial charge in [-0.2, -0.15) is 4.80 Å². The summed E-state index contributed by atoms with van der Waals surface area (Å²) in [6.45, 7) is 1.56. The van der Waals surface area contributed by atoms with E-state index in [9.17, 15) is 8.78 Å². The molecule has 1 aromatic heterocycles. The molecule has 0 spiro atoms. The molecule has 7 heteroatoms. The molecular weight excluding hydrogens is 240 g/mol. The third-order valence-electron chi connectivity index (χ3n) is 2.63. The topological polar surface area (TPSA) is 69.6 Å². The van der Waals surface area contributed by atoms with Gasteiger partial charge in [0.25, 0.3) is 0 Å². The maximum absolute atomic E-state index is 13.6. The Bertz CT molecular complexity index is 567. The Kier molecular flexibility index (Phi) is 3.33. The molecule has 1 unspecified atom stereocenters. The van der Waals surface area contributed by atoms with Gasteiger partial charge in [-0.05, 0) is 23.8 Å². The number of hydrogen-bond acceptors (Lipinski definition) is 4. The van der Waals surface area contributed by atoms with Gasteiger partial charge in [-0.15, -0.1) is 10.2 Å². The van der Waals surface area contributed by atoms with E-state index in [1.807, 2.05) is 0 Å². The molecule has 0 saturated heterocycles. The van der Waals surface area contributed by atoms with Crippen molar-refractivity contribution in [3.63, 3.8) is 0 Å². The van der Waals surface area contributed by atoms with E-state index in [1.165, 1.54) is 10.9 Å². The third-order valence-corrected chi connectivity index (χ3v) is 2.63. The minimum atomic E-state index is -0.658. The van der Waals surface area contributed by atoms with Crippen LogP contribution in [0.25, 0.3) is 0 Å². The van der Waals surface area contributed by atoms with Crippen LogP contribution in [0.1, 0.15) is 23.0 Å². The summed E-state index contributed by atoms with van der Waals surface area (Å²) in [5, 5.41) is 11.4. The lowest BCUT2D eigenvalue weighted by molar-refractivity contribution is 0.546. The molecule has 0 bridgehead atoms. The van der Waals surface area contributed by atoms with Gasteiger partial charge in [0.1, 0.15) is 11.6 Å². The smallest absolute Gasteiger partial charge is 0.176 e. The van der Waals surface area contributed by atoms with E-state index in [2.05, 4.69) is 15.4 Å². The number of halogens is 2. The standard InChI is InChI=1S/C11H13F2N5/c1-6-3-7(9(13)4-8(6)12)10(14)5-11-15-17-18(2)16-11/h3-4,10H,5,14H2,1-2H3. The predicted molar refractivity (Wildman–Crippen MR) is 60.5 cm³/mol. The number of hydrogen-bond donors (Lipinski definition) is 1. The van der Waals surface area contributed by atoms with Gasteiger partial charge in [0.05, 0.1) is 7.05 Å². The number of tetrazole rings is 1. The first-order chi connectivity index (χ1) is 8.47. The van der Waals surface area contributed by atoms with Crippen molar-refractivity contribution in [2.75, 3.05) is 0 Å². The summed E-state index contributed by atoms with van der Waals surface area (Å²) in [5.74, 6) is -0.818. The van der Waals surface area contributed by atoms with Gasteiger partial charge in [0, 0.05) is 24.1 Å². The molecule has 2 rings (SSSR count). The lowest BCUT2D eigenvalue weighted by atomic mass is 10.0. The van der Waals surface area contributed by atoms with Crippen LogP contribution >= 0.6 is 0 Å². The van der Waals surface area contributed by atoms with Crippen LogP contribution in [0.2, 0.25) is 0 Å². The first-order valence-electron chi connectivity index (χ1n) is 5.41. The summed E-state index contributed by atoms with van der Waals surface area (Å²) in [6, 6.07) is 1.62. The van der Waals surface area contributed by atoms with Gasteiger partial charge in [-0.25, -0.2) is 8.78 Å². The molecule has 18 heavy (non-hydrogen) atoms. The summed E-state index contributed by atoms with van der Waals surface area (Å²) in [5.41, 5.74) is 6.48. The monoisotopic (exact) mass is 253 g/mol. The summed E-state index contributed by atoms with van der Waals surface area (Å²) >= 11 is 0. The maximum Gasteiger partial charge on any atom is 0.176 e. The van der Waals surface area contributed by atoms with Crippen molar-refractivity contribution < 1.29 is 8.78 Å². The minimum absolute atomic E-state index is 0.246. The summed E-state index contributed by atoms with van der Waals surface area (Å²) in [7, 11) is 1.63. The van der Waals surface area contributed by atoms with Crippen molar-refractivity contribution in [1.29, 1.82) is 0 Å². The Morgan fingerprint density at radius 2 is 2.06 bits per heavy atom. The van der Waals surface area contributed by atoms with Gasteiger partial charge in [-0.1, -0.05) is 0 Å². The molecule has 0 radical (unpaired) electrons. The Morgan fingerprint density at radius 3 is 2.67 bits per heavy atom. The van der Waals surface area contributed by atoms with E-state index in [0.717, 1.165) is 6.07 Å². The van der Waals surface area contributed by atoms with E-state index in [4.69, 9.17) is 5.73 Å². The molecule has 1 atom stereocenters. The summed E-state index contributed by atoms with van der Waals surface area (Å²) in [6.07, 6.45) is 0.246. The highest BCUT2D eigenvalue weighted by Gasteiger charge is 2.16. The second-order valence-corrected chi connectivity index (χ2v) is 4.13. The number of aryl methyl sites for hydroxylation is 2. The first kappa shape index (κ1) is 12.6. The number of nitrogens with zero attached hydrogens (tertiary/aromatic N) is 4. The Labute approximate surface area is 103 Å². The van der Waals surface area contributed by atoms with Crippen molar-refractivity contribution in [2.45, 2.75) is 19.4 Å². The maximum atomic E-state index is 13.6. The van der Waals surface area contributed by atoms with Gasteiger partial charge in [0.15, 0.2) is 5.82 Å². The number of aromatic nitrogens is 4. The van der Waals surface area contributed by atoms with Crippen LogP contribution in [0.15, 0.2) is 12.1 Å². The van der Waals surface area contributed by atoms with Gasteiger partial charge in [-0.3, -0.25) is 0 Å². The second kappa shape index (κ2) is 4.77. The van der Waals surface area contributed by atoms with Crippen LogP contribution in [0, 0.1) is 18.6 Å². The Balaban J connectivity index is 2.23. The fraction of sp³-hybridized carbons (Fsp3) is 0.364. The average molecular weight is 253 g/mol. The highest BCUT2D eigenvalue weighted by atomic mass is 19.1.